The van der Waals surface area contributed by atoms with Crippen LogP contribution in [0.5, 0.6) is 5.75 Å². The molecule has 2 aromatic carbocycles. The molecule has 0 N–H and O–H groups in total. The highest BCUT2D eigenvalue weighted by Crippen LogP contribution is 2.47. The van der Waals surface area contributed by atoms with Crippen LogP contribution in [-0.2, 0) is 12.8 Å². The number of benzene rings is 2. The maximum Gasteiger partial charge on any atom is 0.122 e. The number of para-hydroxylation sites is 2. The summed E-state index contributed by atoms with van der Waals surface area (Å²) >= 11 is 0. The van der Waals surface area contributed by atoms with Crippen LogP contribution in [0.4, 0.5) is 5.69 Å². The van der Waals surface area contributed by atoms with Gasteiger partial charge < -0.3 is 14.5 Å². The number of anilines is 1. The first-order chi connectivity index (χ1) is 13.3. The van der Waals surface area contributed by atoms with Gasteiger partial charge in [-0.1, -0.05) is 36.4 Å². The number of likely N-dealkylation sites (tertiary alicyclic amines) is 1. The minimum atomic E-state index is 0.685. The van der Waals surface area contributed by atoms with Gasteiger partial charge in [-0.3, -0.25) is 0 Å². The van der Waals surface area contributed by atoms with E-state index in [1.54, 1.807) is 23.9 Å². The van der Waals surface area contributed by atoms with Crippen molar-refractivity contribution in [1.82, 2.24) is 4.90 Å². The maximum absolute atomic E-state index is 5.54. The van der Waals surface area contributed by atoms with Gasteiger partial charge >= 0.3 is 0 Å². The minimum absolute atomic E-state index is 0.685. The summed E-state index contributed by atoms with van der Waals surface area (Å²) in [6.45, 7) is 4.80. The topological polar surface area (TPSA) is 15.7 Å². The van der Waals surface area contributed by atoms with E-state index in [0.29, 0.717) is 5.92 Å². The lowest BCUT2D eigenvalue weighted by molar-refractivity contribution is 0.195. The Balaban J connectivity index is 1.33. The number of ether oxygens (including phenoxy) is 1. The molecule has 3 nitrogen and oxygen atoms in total. The predicted octanol–water partition coefficient (Wildman–Crippen LogP) is 4.25. The van der Waals surface area contributed by atoms with Gasteiger partial charge in [-0.2, -0.15) is 0 Å². The monoisotopic (exact) mass is 362 g/mol. The smallest absolute Gasteiger partial charge is 0.122 e. The molecule has 0 radical (unpaired) electrons. The molecule has 27 heavy (non-hydrogen) atoms. The second-order valence-corrected chi connectivity index (χ2v) is 8.33. The van der Waals surface area contributed by atoms with Crippen molar-refractivity contribution in [2.45, 2.75) is 44.1 Å². The van der Waals surface area contributed by atoms with Crippen molar-refractivity contribution in [3.63, 3.8) is 0 Å². The number of hydrogen-bond acceptors (Lipinski definition) is 3. The molecule has 1 saturated heterocycles. The molecule has 3 aliphatic rings. The van der Waals surface area contributed by atoms with Crippen molar-refractivity contribution in [3.8, 4) is 5.75 Å². The second kappa shape index (κ2) is 7.20. The van der Waals surface area contributed by atoms with Crippen LogP contribution in [0.1, 0.15) is 41.9 Å². The predicted molar refractivity (Wildman–Crippen MR) is 111 cm³/mol. The molecule has 0 aromatic heterocycles. The van der Waals surface area contributed by atoms with Crippen LogP contribution < -0.4 is 9.64 Å². The van der Waals surface area contributed by atoms with Gasteiger partial charge in [-0.25, -0.2) is 0 Å². The van der Waals surface area contributed by atoms with E-state index in [9.17, 15) is 0 Å². The SMILES string of the molecule is COc1ccccc1CCN1CCC2C(C1)c1cccc3c1N2CCCC3. The van der Waals surface area contributed by atoms with E-state index >= 15 is 0 Å². The lowest BCUT2D eigenvalue weighted by atomic mass is 9.88. The summed E-state index contributed by atoms with van der Waals surface area (Å²) in [6, 6.07) is 16.3. The molecule has 0 bridgehead atoms. The van der Waals surface area contributed by atoms with Crippen LogP contribution >= 0.6 is 0 Å². The lowest BCUT2D eigenvalue weighted by Crippen LogP contribution is -2.46. The highest BCUT2D eigenvalue weighted by atomic mass is 16.5. The quantitative estimate of drug-likeness (QED) is 0.809. The molecule has 3 heterocycles. The summed E-state index contributed by atoms with van der Waals surface area (Å²) in [5.74, 6) is 1.71. The summed E-state index contributed by atoms with van der Waals surface area (Å²) in [6.07, 6.45) is 6.31. The average molecular weight is 363 g/mol. The fourth-order valence-electron chi connectivity index (χ4n) is 5.58. The third-order valence-electron chi connectivity index (χ3n) is 6.88. The van der Waals surface area contributed by atoms with Crippen LogP contribution in [-0.4, -0.2) is 44.2 Å². The molecule has 1 fully saturated rings. The van der Waals surface area contributed by atoms with Gasteiger partial charge in [0, 0.05) is 43.8 Å². The Labute approximate surface area is 162 Å². The molecule has 2 atom stereocenters. The van der Waals surface area contributed by atoms with E-state index in [1.165, 1.54) is 50.9 Å². The Kier molecular flexibility index (Phi) is 4.56. The molecule has 3 aliphatic heterocycles. The number of methoxy groups -OCH3 is 1. The molecule has 2 unspecified atom stereocenters. The number of nitrogens with zero attached hydrogens (tertiary/aromatic N) is 2. The van der Waals surface area contributed by atoms with E-state index < -0.39 is 0 Å². The van der Waals surface area contributed by atoms with Crippen molar-refractivity contribution >= 4 is 5.69 Å². The number of piperidine rings is 1. The zero-order chi connectivity index (χ0) is 18.2. The summed E-state index contributed by atoms with van der Waals surface area (Å²) < 4.78 is 5.54. The van der Waals surface area contributed by atoms with Gasteiger partial charge in [0.2, 0.25) is 0 Å². The fourth-order valence-corrected chi connectivity index (χ4v) is 5.58. The molecule has 2 aromatic rings. The highest BCUT2D eigenvalue weighted by molar-refractivity contribution is 5.67. The van der Waals surface area contributed by atoms with Crippen LogP contribution in [0.15, 0.2) is 42.5 Å². The molecule has 142 valence electrons. The Bertz CT molecular complexity index is 818. The first-order valence-electron chi connectivity index (χ1n) is 10.6. The highest BCUT2D eigenvalue weighted by Gasteiger charge is 2.42. The Morgan fingerprint density at radius 1 is 1.04 bits per heavy atom. The van der Waals surface area contributed by atoms with Gasteiger partial charge in [0.25, 0.3) is 0 Å². The first-order valence-corrected chi connectivity index (χ1v) is 10.6. The standard InChI is InChI=1S/C24H30N2O/c1-27-23-11-3-2-7-18(23)12-15-25-16-13-22-21(17-25)20-10-6-9-19-8-4-5-14-26(22)24(19)20/h2-3,6-7,9-11,21-22H,4-5,8,12-17H2,1H3. The minimum Gasteiger partial charge on any atom is -0.496 e. The van der Waals surface area contributed by atoms with Crippen molar-refractivity contribution < 1.29 is 4.74 Å². The van der Waals surface area contributed by atoms with Crippen molar-refractivity contribution in [1.29, 1.82) is 0 Å². The van der Waals surface area contributed by atoms with E-state index in [1.807, 2.05) is 0 Å². The van der Waals surface area contributed by atoms with Gasteiger partial charge in [0.1, 0.15) is 5.75 Å². The summed E-state index contributed by atoms with van der Waals surface area (Å²) in [5, 5.41) is 0. The molecule has 0 aliphatic carbocycles. The van der Waals surface area contributed by atoms with Crippen LogP contribution in [0.2, 0.25) is 0 Å². The van der Waals surface area contributed by atoms with Crippen LogP contribution in [0.25, 0.3) is 0 Å². The fraction of sp³-hybridized carbons (Fsp3) is 0.500. The number of hydrogen-bond donors (Lipinski definition) is 0. The summed E-state index contributed by atoms with van der Waals surface area (Å²) in [4.78, 5) is 5.46. The molecule has 5 rings (SSSR count). The van der Waals surface area contributed by atoms with Crippen LogP contribution in [0, 0.1) is 0 Å². The van der Waals surface area contributed by atoms with Crippen molar-refractivity contribution in [3.05, 3.63) is 59.2 Å². The average Bonchev–Trinajstić information content (AvgIpc) is 2.87. The summed E-state index contributed by atoms with van der Waals surface area (Å²) in [7, 11) is 1.77. The molecule has 0 spiro atoms. The first kappa shape index (κ1) is 17.1. The molecular formula is C24H30N2O. The van der Waals surface area contributed by atoms with E-state index in [0.717, 1.165) is 24.8 Å². The largest absolute Gasteiger partial charge is 0.496 e. The molecule has 3 heteroatoms. The van der Waals surface area contributed by atoms with Crippen molar-refractivity contribution in [2.75, 3.05) is 38.2 Å². The number of rotatable bonds is 4. The molecule has 0 saturated carbocycles. The Morgan fingerprint density at radius 2 is 1.96 bits per heavy atom. The van der Waals surface area contributed by atoms with Gasteiger partial charge in [-0.15, -0.1) is 0 Å². The van der Waals surface area contributed by atoms with E-state index in [-0.39, 0.29) is 0 Å². The third-order valence-corrected chi connectivity index (χ3v) is 6.88. The van der Waals surface area contributed by atoms with E-state index in [2.05, 4.69) is 52.3 Å². The Hall–Kier alpha value is -2.00. The normalized spacial score (nSPS) is 24.3. The summed E-state index contributed by atoms with van der Waals surface area (Å²) in [5.41, 5.74) is 6.16. The molecular weight excluding hydrogens is 332 g/mol. The molecule has 0 amide bonds. The Morgan fingerprint density at radius 3 is 2.89 bits per heavy atom. The van der Waals surface area contributed by atoms with Gasteiger partial charge in [0.15, 0.2) is 0 Å². The van der Waals surface area contributed by atoms with Gasteiger partial charge in [0.05, 0.1) is 7.11 Å². The lowest BCUT2D eigenvalue weighted by Gasteiger charge is -2.39. The third kappa shape index (κ3) is 3.02. The zero-order valence-corrected chi connectivity index (χ0v) is 16.4. The maximum atomic E-state index is 5.54. The van der Waals surface area contributed by atoms with Gasteiger partial charge in [-0.05, 0) is 54.9 Å². The van der Waals surface area contributed by atoms with Crippen molar-refractivity contribution in [2.24, 2.45) is 0 Å². The van der Waals surface area contributed by atoms with Crippen LogP contribution in [0.3, 0.4) is 0 Å². The van der Waals surface area contributed by atoms with E-state index in [4.69, 9.17) is 4.74 Å². The zero-order valence-electron chi connectivity index (χ0n) is 16.4. The number of aryl methyl sites for hydroxylation is 1. The number of fused-ring (bicyclic) bond motifs is 3. The second-order valence-electron chi connectivity index (χ2n) is 8.33.